The molecule has 2 aromatic rings. The van der Waals surface area contributed by atoms with Crippen molar-refractivity contribution in [1.82, 2.24) is 9.97 Å². The molecular weight excluding hydrogens is 328 g/mol. The van der Waals surface area contributed by atoms with Crippen molar-refractivity contribution in [2.24, 2.45) is 5.10 Å². The third-order valence-corrected chi connectivity index (χ3v) is 2.84. The van der Waals surface area contributed by atoms with E-state index in [2.05, 4.69) is 20.5 Å². The fraction of sp³-hybridized carbons (Fsp3) is 0.0833. The Balaban J connectivity index is 2.11. The molecular formula is C12H7Cl2F3N4. The van der Waals surface area contributed by atoms with Crippen LogP contribution in [0, 0.1) is 0 Å². The molecule has 0 unspecified atom stereocenters. The van der Waals surface area contributed by atoms with Gasteiger partial charge < -0.3 is 0 Å². The zero-order chi connectivity index (χ0) is 15.5. The van der Waals surface area contributed by atoms with Gasteiger partial charge in [0.2, 0.25) is 5.95 Å². The Morgan fingerprint density at radius 2 is 1.95 bits per heavy atom. The fourth-order valence-electron chi connectivity index (χ4n) is 1.34. The molecule has 0 aliphatic carbocycles. The summed E-state index contributed by atoms with van der Waals surface area (Å²) in [5, 5.41) is 4.55. The Labute approximate surface area is 127 Å². The maximum Gasteiger partial charge on any atom is 0.433 e. The van der Waals surface area contributed by atoms with Crippen molar-refractivity contribution in [2.45, 2.75) is 6.18 Å². The topological polar surface area (TPSA) is 50.2 Å². The molecule has 9 heteroatoms. The Hall–Kier alpha value is -1.86. The lowest BCUT2D eigenvalue weighted by Crippen LogP contribution is -2.09. The van der Waals surface area contributed by atoms with Crippen LogP contribution in [0.4, 0.5) is 19.1 Å². The maximum atomic E-state index is 12.5. The molecule has 1 aromatic heterocycles. The number of alkyl halides is 3. The molecule has 0 bridgehead atoms. The summed E-state index contributed by atoms with van der Waals surface area (Å²) in [5.41, 5.74) is 1.79. The minimum absolute atomic E-state index is 0.272. The highest BCUT2D eigenvalue weighted by atomic mass is 35.5. The van der Waals surface area contributed by atoms with Crippen LogP contribution in [0.25, 0.3) is 0 Å². The minimum Gasteiger partial charge on any atom is -0.245 e. The quantitative estimate of drug-likeness (QED) is 0.674. The zero-order valence-corrected chi connectivity index (χ0v) is 11.7. The number of aromatic nitrogens is 2. The van der Waals surface area contributed by atoms with Gasteiger partial charge in [-0.25, -0.2) is 15.4 Å². The highest BCUT2D eigenvalue weighted by molar-refractivity contribution is 6.36. The molecule has 0 fully saturated rings. The molecule has 1 heterocycles. The summed E-state index contributed by atoms with van der Waals surface area (Å²) < 4.78 is 37.4. The van der Waals surface area contributed by atoms with Crippen molar-refractivity contribution in [1.29, 1.82) is 0 Å². The molecule has 0 atom stereocenters. The standard InChI is InChI=1S/C12H7Cl2F3N4/c13-8-2-1-7(9(14)5-8)6-19-21-11-18-4-3-10(20-11)12(15,16)17/h1-6H,(H,18,20,21). The number of nitrogens with one attached hydrogen (secondary N) is 1. The lowest BCUT2D eigenvalue weighted by Gasteiger charge is -2.06. The van der Waals surface area contributed by atoms with Gasteiger partial charge in [-0.1, -0.05) is 29.3 Å². The number of hydrazone groups is 1. The van der Waals surface area contributed by atoms with Gasteiger partial charge in [0.05, 0.1) is 11.2 Å². The smallest absolute Gasteiger partial charge is 0.245 e. The third kappa shape index (κ3) is 4.30. The van der Waals surface area contributed by atoms with E-state index in [0.717, 1.165) is 12.3 Å². The summed E-state index contributed by atoms with van der Waals surface area (Å²) in [6.07, 6.45) is -2.23. The van der Waals surface area contributed by atoms with E-state index in [0.29, 0.717) is 15.6 Å². The van der Waals surface area contributed by atoms with Crippen LogP contribution in [0.3, 0.4) is 0 Å². The van der Waals surface area contributed by atoms with E-state index in [4.69, 9.17) is 23.2 Å². The van der Waals surface area contributed by atoms with Crippen LogP contribution in [0.5, 0.6) is 0 Å². The molecule has 0 amide bonds. The van der Waals surface area contributed by atoms with E-state index in [1.54, 1.807) is 12.1 Å². The van der Waals surface area contributed by atoms with Crippen molar-refractivity contribution in [3.8, 4) is 0 Å². The first-order chi connectivity index (χ1) is 9.86. The zero-order valence-electron chi connectivity index (χ0n) is 10.2. The monoisotopic (exact) mass is 334 g/mol. The Morgan fingerprint density at radius 1 is 1.19 bits per heavy atom. The second-order valence-corrected chi connectivity index (χ2v) is 4.64. The number of hydrogen-bond acceptors (Lipinski definition) is 4. The van der Waals surface area contributed by atoms with Gasteiger partial charge in [0.15, 0.2) is 0 Å². The lowest BCUT2D eigenvalue weighted by atomic mass is 10.2. The van der Waals surface area contributed by atoms with Gasteiger partial charge in [-0.05, 0) is 18.2 Å². The number of nitrogens with zero attached hydrogens (tertiary/aromatic N) is 3. The summed E-state index contributed by atoms with van der Waals surface area (Å²) in [6, 6.07) is 5.51. The number of halogens is 5. The molecule has 1 N–H and O–H groups in total. The van der Waals surface area contributed by atoms with Crippen LogP contribution >= 0.6 is 23.2 Å². The van der Waals surface area contributed by atoms with E-state index in [1.165, 1.54) is 12.3 Å². The first kappa shape index (κ1) is 15.5. The van der Waals surface area contributed by atoms with E-state index in [1.807, 2.05) is 0 Å². The van der Waals surface area contributed by atoms with Gasteiger partial charge in [0.25, 0.3) is 0 Å². The van der Waals surface area contributed by atoms with Crippen LogP contribution in [0.2, 0.25) is 10.0 Å². The van der Waals surface area contributed by atoms with Crippen molar-refractivity contribution >= 4 is 35.4 Å². The molecule has 0 saturated heterocycles. The highest BCUT2D eigenvalue weighted by Crippen LogP contribution is 2.27. The molecule has 21 heavy (non-hydrogen) atoms. The van der Waals surface area contributed by atoms with E-state index in [9.17, 15) is 13.2 Å². The number of rotatable bonds is 3. The normalized spacial score (nSPS) is 11.9. The Bertz CT molecular complexity index is 674. The summed E-state index contributed by atoms with van der Waals surface area (Å²) in [5.74, 6) is -0.272. The molecule has 1 aromatic carbocycles. The van der Waals surface area contributed by atoms with E-state index >= 15 is 0 Å². The third-order valence-electron chi connectivity index (χ3n) is 2.28. The summed E-state index contributed by atoms with van der Waals surface area (Å²) >= 11 is 11.6. The van der Waals surface area contributed by atoms with Gasteiger partial charge in [-0.3, -0.25) is 0 Å². The average Bonchev–Trinajstić information content (AvgIpc) is 2.41. The van der Waals surface area contributed by atoms with Crippen molar-refractivity contribution in [3.05, 3.63) is 51.8 Å². The SMILES string of the molecule is FC(F)(F)c1ccnc(NN=Cc2ccc(Cl)cc2Cl)n1. The van der Waals surface area contributed by atoms with Gasteiger partial charge in [0.1, 0.15) is 5.69 Å². The average molecular weight is 335 g/mol. The van der Waals surface area contributed by atoms with Crippen LogP contribution in [0.15, 0.2) is 35.6 Å². The van der Waals surface area contributed by atoms with Gasteiger partial charge in [-0.2, -0.15) is 18.3 Å². The Morgan fingerprint density at radius 3 is 2.62 bits per heavy atom. The molecule has 0 radical (unpaired) electrons. The predicted molar refractivity (Wildman–Crippen MR) is 74.7 cm³/mol. The summed E-state index contributed by atoms with van der Waals surface area (Å²) in [6.45, 7) is 0. The summed E-state index contributed by atoms with van der Waals surface area (Å²) in [4.78, 5) is 6.93. The van der Waals surface area contributed by atoms with Crippen LogP contribution in [-0.4, -0.2) is 16.2 Å². The minimum atomic E-state index is -4.54. The van der Waals surface area contributed by atoms with Crippen LogP contribution in [0.1, 0.15) is 11.3 Å². The van der Waals surface area contributed by atoms with Crippen LogP contribution < -0.4 is 5.43 Å². The second kappa shape index (κ2) is 6.28. The molecule has 110 valence electrons. The Kier molecular flexibility index (Phi) is 4.64. The van der Waals surface area contributed by atoms with Crippen molar-refractivity contribution < 1.29 is 13.2 Å². The molecule has 0 aliphatic heterocycles. The first-order valence-corrected chi connectivity index (χ1v) is 6.26. The largest absolute Gasteiger partial charge is 0.433 e. The van der Waals surface area contributed by atoms with E-state index < -0.39 is 11.9 Å². The maximum absolute atomic E-state index is 12.5. The van der Waals surface area contributed by atoms with Gasteiger partial charge >= 0.3 is 6.18 Å². The molecule has 2 rings (SSSR count). The molecule has 0 aliphatic rings. The lowest BCUT2D eigenvalue weighted by molar-refractivity contribution is -0.141. The number of benzene rings is 1. The van der Waals surface area contributed by atoms with Crippen LogP contribution in [-0.2, 0) is 6.18 Å². The van der Waals surface area contributed by atoms with Gasteiger partial charge in [0, 0.05) is 16.8 Å². The summed E-state index contributed by atoms with van der Waals surface area (Å²) in [7, 11) is 0. The first-order valence-electron chi connectivity index (χ1n) is 5.50. The number of hydrogen-bond donors (Lipinski definition) is 1. The predicted octanol–water partition coefficient (Wildman–Crippen LogP) is 4.25. The van der Waals surface area contributed by atoms with Crippen molar-refractivity contribution in [3.63, 3.8) is 0 Å². The fourth-order valence-corrected chi connectivity index (χ4v) is 1.79. The van der Waals surface area contributed by atoms with E-state index in [-0.39, 0.29) is 5.95 Å². The number of anilines is 1. The second-order valence-electron chi connectivity index (χ2n) is 3.80. The molecule has 4 nitrogen and oxygen atoms in total. The molecule has 0 saturated carbocycles. The highest BCUT2D eigenvalue weighted by Gasteiger charge is 2.32. The van der Waals surface area contributed by atoms with Crippen molar-refractivity contribution in [2.75, 3.05) is 5.43 Å². The van der Waals surface area contributed by atoms with Gasteiger partial charge in [-0.15, -0.1) is 0 Å². The molecule has 0 spiro atoms.